The van der Waals surface area contributed by atoms with E-state index < -0.39 is 0 Å². The maximum absolute atomic E-state index is 10.5. The zero-order chi connectivity index (χ0) is 15.4. The molecule has 1 aromatic rings. The van der Waals surface area contributed by atoms with Gasteiger partial charge in [-0.2, -0.15) is 0 Å². The van der Waals surface area contributed by atoms with Crippen molar-refractivity contribution in [2.24, 2.45) is 0 Å². The highest BCUT2D eigenvalue weighted by Crippen LogP contribution is 2.21. The highest BCUT2D eigenvalue weighted by Gasteiger charge is 2.32. The van der Waals surface area contributed by atoms with Crippen molar-refractivity contribution in [1.82, 2.24) is 9.80 Å². The van der Waals surface area contributed by atoms with E-state index in [9.17, 15) is 5.11 Å². The predicted molar refractivity (Wildman–Crippen MR) is 90.3 cm³/mol. The van der Waals surface area contributed by atoms with E-state index in [2.05, 4.69) is 40.3 Å². The minimum Gasteiger partial charge on any atom is -0.390 e. The first-order chi connectivity index (χ1) is 10.8. The molecule has 2 saturated heterocycles. The second-order valence-corrected chi connectivity index (χ2v) is 7.04. The zero-order valence-electron chi connectivity index (χ0n) is 13.3. The summed E-state index contributed by atoms with van der Waals surface area (Å²) in [5, 5.41) is 10.5. The molecule has 0 aromatic heterocycles. The van der Waals surface area contributed by atoms with E-state index in [4.69, 9.17) is 4.74 Å². The van der Waals surface area contributed by atoms with Crippen LogP contribution in [-0.4, -0.2) is 72.7 Å². The maximum atomic E-state index is 10.5. The quantitative estimate of drug-likeness (QED) is 0.854. The number of hydrogen-bond acceptors (Lipinski definition) is 5. The summed E-state index contributed by atoms with van der Waals surface area (Å²) >= 11 is 1.78. The smallest absolute Gasteiger partial charge is 0.0822 e. The molecular formula is C17H26N2O2S. The summed E-state index contributed by atoms with van der Waals surface area (Å²) in [5.74, 6) is 0. The Balaban J connectivity index is 1.55. The first-order valence-electron chi connectivity index (χ1n) is 8.11. The Bertz CT molecular complexity index is 479. The van der Waals surface area contributed by atoms with Crippen molar-refractivity contribution in [2.75, 3.05) is 45.6 Å². The van der Waals surface area contributed by atoms with Crippen LogP contribution in [0.5, 0.6) is 0 Å². The third-order valence-corrected chi connectivity index (χ3v) is 5.41. The summed E-state index contributed by atoms with van der Waals surface area (Å²) in [5.41, 5.74) is 1.34. The van der Waals surface area contributed by atoms with Crippen LogP contribution < -0.4 is 0 Å². The lowest BCUT2D eigenvalue weighted by molar-refractivity contribution is -0.0534. The van der Waals surface area contributed by atoms with E-state index in [0.717, 1.165) is 52.4 Å². The molecule has 2 aliphatic rings. The fourth-order valence-electron chi connectivity index (χ4n) is 3.49. The van der Waals surface area contributed by atoms with Crippen LogP contribution in [0.25, 0.3) is 0 Å². The fraction of sp³-hybridized carbons (Fsp3) is 0.647. The topological polar surface area (TPSA) is 35.9 Å². The Morgan fingerprint density at radius 3 is 2.82 bits per heavy atom. The summed E-state index contributed by atoms with van der Waals surface area (Å²) in [6.45, 7) is 6.27. The molecule has 122 valence electrons. The molecule has 0 aliphatic carbocycles. The molecule has 1 aromatic carbocycles. The summed E-state index contributed by atoms with van der Waals surface area (Å²) in [6, 6.07) is 9.01. The van der Waals surface area contributed by atoms with Crippen LogP contribution in [0.4, 0.5) is 0 Å². The van der Waals surface area contributed by atoms with Crippen LogP contribution >= 0.6 is 11.8 Å². The molecule has 2 fully saturated rings. The Hall–Kier alpha value is -0.590. The molecular weight excluding hydrogens is 296 g/mol. The average molecular weight is 322 g/mol. The van der Waals surface area contributed by atoms with Gasteiger partial charge < -0.3 is 9.84 Å². The number of piperidine rings is 1. The average Bonchev–Trinajstić information content (AvgIpc) is 2.56. The van der Waals surface area contributed by atoms with Gasteiger partial charge in [0.25, 0.3) is 0 Å². The number of nitrogens with zero attached hydrogens (tertiary/aromatic N) is 2. The number of benzene rings is 1. The molecule has 0 unspecified atom stereocenters. The maximum Gasteiger partial charge on any atom is 0.0822 e. The zero-order valence-corrected chi connectivity index (χ0v) is 14.1. The van der Waals surface area contributed by atoms with Gasteiger partial charge in [-0.05, 0) is 30.4 Å². The molecule has 3 rings (SSSR count). The summed E-state index contributed by atoms with van der Waals surface area (Å²) in [6.07, 6.45) is 2.90. The molecule has 0 spiro atoms. The van der Waals surface area contributed by atoms with Gasteiger partial charge in [0.15, 0.2) is 0 Å². The molecule has 0 bridgehead atoms. The Labute approximate surface area is 137 Å². The van der Waals surface area contributed by atoms with E-state index in [1.165, 1.54) is 10.5 Å². The monoisotopic (exact) mass is 322 g/mol. The number of hydrogen-bond donors (Lipinski definition) is 1. The van der Waals surface area contributed by atoms with Crippen LogP contribution in [0.2, 0.25) is 0 Å². The van der Waals surface area contributed by atoms with Gasteiger partial charge >= 0.3 is 0 Å². The highest BCUT2D eigenvalue weighted by molar-refractivity contribution is 7.98. The van der Waals surface area contributed by atoms with E-state index in [1.807, 2.05) is 0 Å². The van der Waals surface area contributed by atoms with Crippen molar-refractivity contribution >= 4 is 11.8 Å². The van der Waals surface area contributed by atoms with Crippen LogP contribution in [0.15, 0.2) is 29.2 Å². The Morgan fingerprint density at radius 2 is 2.09 bits per heavy atom. The van der Waals surface area contributed by atoms with Crippen molar-refractivity contribution in [2.45, 2.75) is 30.0 Å². The van der Waals surface area contributed by atoms with Gasteiger partial charge in [0.2, 0.25) is 0 Å². The molecule has 22 heavy (non-hydrogen) atoms. The Kier molecular flexibility index (Phi) is 5.77. The van der Waals surface area contributed by atoms with E-state index in [1.54, 1.807) is 11.8 Å². The first kappa shape index (κ1) is 16.3. The van der Waals surface area contributed by atoms with Gasteiger partial charge in [0, 0.05) is 43.7 Å². The Morgan fingerprint density at radius 1 is 1.27 bits per heavy atom. The van der Waals surface area contributed by atoms with Crippen molar-refractivity contribution in [3.8, 4) is 0 Å². The molecule has 2 aliphatic heterocycles. The molecule has 5 heteroatoms. The number of likely N-dealkylation sites (tertiary alicyclic amines) is 1. The third kappa shape index (κ3) is 4.03. The minimum atomic E-state index is -0.254. The van der Waals surface area contributed by atoms with Crippen LogP contribution in [-0.2, 0) is 11.3 Å². The first-order valence-corrected chi connectivity index (χ1v) is 9.34. The lowest BCUT2D eigenvalue weighted by atomic mass is 9.99. The van der Waals surface area contributed by atoms with Gasteiger partial charge in [-0.15, -0.1) is 11.8 Å². The fourth-order valence-corrected chi connectivity index (χ4v) is 3.98. The standard InChI is InChI=1S/C17H26N2O2S/c1-22-15-4-2-3-14(11-15)12-18-6-5-16(17(20)13-18)19-7-9-21-10-8-19/h2-4,11,16-17,20H,5-10,12-13H2,1H3/t16-,17-/m1/s1. The summed E-state index contributed by atoms with van der Waals surface area (Å²) in [7, 11) is 0. The number of rotatable bonds is 4. The lowest BCUT2D eigenvalue weighted by Crippen LogP contribution is -2.56. The highest BCUT2D eigenvalue weighted by atomic mass is 32.2. The van der Waals surface area contributed by atoms with Crippen molar-refractivity contribution in [1.29, 1.82) is 0 Å². The number of β-amino-alcohol motifs (C(OH)–C–C–N with tert-alkyl or cyclic N) is 1. The van der Waals surface area contributed by atoms with Crippen molar-refractivity contribution in [3.63, 3.8) is 0 Å². The number of aliphatic hydroxyl groups is 1. The van der Waals surface area contributed by atoms with Gasteiger partial charge in [0.1, 0.15) is 0 Å². The second kappa shape index (κ2) is 7.79. The van der Waals surface area contributed by atoms with Crippen molar-refractivity contribution in [3.05, 3.63) is 29.8 Å². The lowest BCUT2D eigenvalue weighted by Gasteiger charge is -2.43. The summed E-state index contributed by atoms with van der Waals surface area (Å²) in [4.78, 5) is 6.09. The predicted octanol–water partition coefficient (Wildman–Crippen LogP) is 1.68. The van der Waals surface area contributed by atoms with E-state index in [0.29, 0.717) is 6.04 Å². The number of morpholine rings is 1. The third-order valence-electron chi connectivity index (χ3n) is 4.69. The number of aliphatic hydroxyl groups excluding tert-OH is 1. The van der Waals surface area contributed by atoms with Gasteiger partial charge in [-0.1, -0.05) is 12.1 Å². The normalized spacial score (nSPS) is 27.9. The molecule has 2 atom stereocenters. The van der Waals surface area contributed by atoms with Crippen LogP contribution in [0.1, 0.15) is 12.0 Å². The molecule has 0 saturated carbocycles. The second-order valence-electron chi connectivity index (χ2n) is 6.16. The molecule has 0 radical (unpaired) electrons. The number of ether oxygens (including phenoxy) is 1. The van der Waals surface area contributed by atoms with Crippen LogP contribution in [0, 0.1) is 0 Å². The van der Waals surface area contributed by atoms with E-state index >= 15 is 0 Å². The van der Waals surface area contributed by atoms with Gasteiger partial charge in [-0.25, -0.2) is 0 Å². The van der Waals surface area contributed by atoms with Gasteiger partial charge in [0.05, 0.1) is 19.3 Å². The molecule has 0 amide bonds. The van der Waals surface area contributed by atoms with Gasteiger partial charge in [-0.3, -0.25) is 9.80 Å². The summed E-state index contributed by atoms with van der Waals surface area (Å²) < 4.78 is 5.41. The minimum absolute atomic E-state index is 0.254. The van der Waals surface area contributed by atoms with Crippen molar-refractivity contribution < 1.29 is 9.84 Å². The SMILES string of the molecule is CSc1cccc(CN2CC[C@@H](N3CCOCC3)[C@H](O)C2)c1. The molecule has 4 nitrogen and oxygen atoms in total. The largest absolute Gasteiger partial charge is 0.390 e. The molecule has 2 heterocycles. The van der Waals surface area contributed by atoms with E-state index in [-0.39, 0.29) is 6.10 Å². The molecule has 1 N–H and O–H groups in total. The van der Waals surface area contributed by atoms with Crippen LogP contribution in [0.3, 0.4) is 0 Å². The number of thioether (sulfide) groups is 1.